The van der Waals surface area contributed by atoms with E-state index in [1.54, 1.807) is 4.31 Å². The molecular formula is C13H20N6O5S. The lowest BCUT2D eigenvalue weighted by Gasteiger charge is -2.25. The van der Waals surface area contributed by atoms with Crippen molar-refractivity contribution in [3.05, 3.63) is 6.33 Å². The predicted molar refractivity (Wildman–Crippen MR) is 83.6 cm³/mol. The Labute approximate surface area is 144 Å². The lowest BCUT2D eigenvalue weighted by molar-refractivity contribution is -0.131. The molecule has 0 spiro atoms. The Hall–Kier alpha value is -2.08. The zero-order valence-corrected chi connectivity index (χ0v) is 14.5. The standard InChI is InChI=1S/C12H18N6O3S.CH2O2/c1-22(20,21)18-10-2-3-11(18)9-5-16(4-8(9)10)12(19)6-17-7-13-14-15-17;2-1-3/h7-11H,2-6H2,1H3;1H,(H,2,3)/t8-,9+,10-,11+;. The summed E-state index contributed by atoms with van der Waals surface area (Å²) in [6.45, 7) is 1.16. The molecule has 3 aliphatic heterocycles. The number of sulfonamides is 1. The summed E-state index contributed by atoms with van der Waals surface area (Å²) in [5.41, 5.74) is 0. The van der Waals surface area contributed by atoms with Crippen molar-refractivity contribution in [3.63, 3.8) is 0 Å². The molecule has 1 aromatic heterocycles. The van der Waals surface area contributed by atoms with Crippen LogP contribution in [0.4, 0.5) is 0 Å². The predicted octanol–water partition coefficient (Wildman–Crippen LogP) is -1.75. The van der Waals surface area contributed by atoms with Gasteiger partial charge in [0.15, 0.2) is 0 Å². The number of hydrogen-bond donors (Lipinski definition) is 1. The van der Waals surface area contributed by atoms with E-state index in [-0.39, 0.29) is 42.8 Å². The zero-order valence-electron chi connectivity index (χ0n) is 13.7. The highest BCUT2D eigenvalue weighted by molar-refractivity contribution is 7.88. The third-order valence-corrected chi connectivity index (χ3v) is 6.54. The summed E-state index contributed by atoms with van der Waals surface area (Å²) in [5, 5.41) is 17.6. The average Bonchev–Trinajstić information content (AvgIpc) is 3.28. The van der Waals surface area contributed by atoms with Gasteiger partial charge in [0.1, 0.15) is 12.9 Å². The summed E-state index contributed by atoms with van der Waals surface area (Å²) in [5.74, 6) is 0.532. The summed E-state index contributed by atoms with van der Waals surface area (Å²) in [6.07, 6.45) is 4.53. The SMILES string of the molecule is CS(=O)(=O)N1[C@@H]2CC[C@H]1[C@H]1CN(C(=O)Cn3cnnn3)C[C@H]12.O=CO. The van der Waals surface area contributed by atoms with E-state index < -0.39 is 10.0 Å². The molecule has 4 rings (SSSR count). The quantitative estimate of drug-likeness (QED) is 0.617. The van der Waals surface area contributed by atoms with Crippen molar-refractivity contribution in [2.75, 3.05) is 19.3 Å². The highest BCUT2D eigenvalue weighted by atomic mass is 32.2. The third-order valence-electron chi connectivity index (χ3n) is 5.24. The van der Waals surface area contributed by atoms with Gasteiger partial charge in [-0.15, -0.1) is 5.10 Å². The largest absolute Gasteiger partial charge is 0.483 e. The molecular weight excluding hydrogens is 352 g/mol. The number of amides is 1. The summed E-state index contributed by atoms with van der Waals surface area (Å²) < 4.78 is 27.1. The minimum Gasteiger partial charge on any atom is -0.483 e. The fourth-order valence-corrected chi connectivity index (χ4v) is 6.01. The van der Waals surface area contributed by atoms with E-state index in [2.05, 4.69) is 15.5 Å². The van der Waals surface area contributed by atoms with Crippen LogP contribution in [-0.4, -0.2) is 86.7 Å². The van der Waals surface area contributed by atoms with Gasteiger partial charge in [-0.25, -0.2) is 13.1 Å². The molecule has 3 fully saturated rings. The second-order valence-electron chi connectivity index (χ2n) is 6.54. The maximum atomic E-state index is 12.3. The van der Waals surface area contributed by atoms with E-state index in [1.165, 1.54) is 17.3 Å². The molecule has 25 heavy (non-hydrogen) atoms. The molecule has 4 atom stereocenters. The molecule has 0 aromatic carbocycles. The lowest BCUT2D eigenvalue weighted by atomic mass is 9.82. The van der Waals surface area contributed by atoms with Crippen LogP contribution in [0.5, 0.6) is 0 Å². The number of fused-ring (bicyclic) bond motifs is 5. The van der Waals surface area contributed by atoms with Gasteiger partial charge in [-0.05, 0) is 35.1 Å². The van der Waals surface area contributed by atoms with Gasteiger partial charge >= 0.3 is 0 Å². The fourth-order valence-electron chi connectivity index (χ4n) is 4.50. The van der Waals surface area contributed by atoms with Crippen molar-refractivity contribution < 1.29 is 23.1 Å². The molecule has 2 bridgehead atoms. The van der Waals surface area contributed by atoms with Crippen molar-refractivity contribution in [2.24, 2.45) is 11.8 Å². The van der Waals surface area contributed by atoms with Gasteiger partial charge in [-0.2, -0.15) is 4.31 Å². The number of hydrogen-bond acceptors (Lipinski definition) is 7. The van der Waals surface area contributed by atoms with E-state index in [4.69, 9.17) is 9.90 Å². The van der Waals surface area contributed by atoms with Crippen molar-refractivity contribution >= 4 is 22.4 Å². The number of carboxylic acid groups (broad SMARTS) is 1. The molecule has 0 saturated carbocycles. The molecule has 0 radical (unpaired) electrons. The van der Waals surface area contributed by atoms with Gasteiger partial charge < -0.3 is 10.0 Å². The van der Waals surface area contributed by atoms with Crippen LogP contribution in [0.25, 0.3) is 0 Å². The molecule has 1 aromatic rings. The second-order valence-corrected chi connectivity index (χ2v) is 8.43. The Kier molecular flexibility index (Phi) is 4.73. The first-order chi connectivity index (χ1) is 11.9. The van der Waals surface area contributed by atoms with Gasteiger partial charge in [0, 0.05) is 25.2 Å². The molecule has 3 aliphatic rings. The van der Waals surface area contributed by atoms with Crippen LogP contribution < -0.4 is 0 Å². The highest BCUT2D eigenvalue weighted by Crippen LogP contribution is 2.50. The summed E-state index contributed by atoms with van der Waals surface area (Å²) in [6, 6.07) is 0.131. The van der Waals surface area contributed by atoms with Gasteiger partial charge in [0.2, 0.25) is 15.9 Å². The third kappa shape index (κ3) is 3.23. The van der Waals surface area contributed by atoms with E-state index in [9.17, 15) is 13.2 Å². The Balaban J connectivity index is 0.000000569. The second kappa shape index (κ2) is 6.67. The monoisotopic (exact) mass is 372 g/mol. The van der Waals surface area contributed by atoms with E-state index in [0.717, 1.165) is 12.8 Å². The molecule has 11 nitrogen and oxygen atoms in total. The topological polar surface area (TPSA) is 139 Å². The summed E-state index contributed by atoms with van der Waals surface area (Å²) in [4.78, 5) is 22.5. The number of tetrazole rings is 1. The Morgan fingerprint density at radius 3 is 2.28 bits per heavy atom. The normalized spacial score (nSPS) is 30.7. The minimum atomic E-state index is -3.16. The minimum absolute atomic E-state index is 0.00740. The van der Waals surface area contributed by atoms with E-state index >= 15 is 0 Å². The van der Waals surface area contributed by atoms with Gasteiger partial charge in [-0.1, -0.05) is 0 Å². The molecule has 0 unspecified atom stereocenters. The molecule has 1 amide bonds. The van der Waals surface area contributed by atoms with Crippen LogP contribution in [0.2, 0.25) is 0 Å². The fraction of sp³-hybridized carbons (Fsp3) is 0.769. The Bertz CT molecular complexity index is 718. The van der Waals surface area contributed by atoms with E-state index in [1.807, 2.05) is 4.90 Å². The lowest BCUT2D eigenvalue weighted by Crippen LogP contribution is -2.41. The molecule has 138 valence electrons. The number of aromatic nitrogens is 4. The van der Waals surface area contributed by atoms with Crippen molar-refractivity contribution in [1.29, 1.82) is 0 Å². The maximum Gasteiger partial charge on any atom is 0.290 e. The van der Waals surface area contributed by atoms with Crippen LogP contribution >= 0.6 is 0 Å². The van der Waals surface area contributed by atoms with Crippen LogP contribution in [0, 0.1) is 11.8 Å². The number of likely N-dealkylation sites (tertiary alicyclic amines) is 1. The number of nitrogens with zero attached hydrogens (tertiary/aromatic N) is 6. The van der Waals surface area contributed by atoms with Crippen LogP contribution in [0.1, 0.15) is 12.8 Å². The van der Waals surface area contributed by atoms with Gasteiger partial charge in [0.05, 0.1) is 6.26 Å². The number of rotatable bonds is 3. The number of carbonyl (C=O) groups excluding carboxylic acids is 1. The molecule has 3 saturated heterocycles. The van der Waals surface area contributed by atoms with Crippen LogP contribution in [0.15, 0.2) is 6.33 Å². The average molecular weight is 372 g/mol. The molecule has 12 heteroatoms. The molecule has 4 heterocycles. The summed E-state index contributed by atoms with van der Waals surface area (Å²) >= 11 is 0. The van der Waals surface area contributed by atoms with Crippen molar-refractivity contribution in [1.82, 2.24) is 29.4 Å². The van der Waals surface area contributed by atoms with Gasteiger partial charge in [0.25, 0.3) is 6.47 Å². The maximum absolute atomic E-state index is 12.3. The molecule has 0 aliphatic carbocycles. The highest BCUT2D eigenvalue weighted by Gasteiger charge is 2.59. The zero-order chi connectivity index (χ0) is 18.2. The first-order valence-electron chi connectivity index (χ1n) is 7.91. The smallest absolute Gasteiger partial charge is 0.290 e. The van der Waals surface area contributed by atoms with Crippen molar-refractivity contribution in [2.45, 2.75) is 31.5 Å². The van der Waals surface area contributed by atoms with Crippen molar-refractivity contribution in [3.8, 4) is 0 Å². The number of carbonyl (C=O) groups is 2. The van der Waals surface area contributed by atoms with Gasteiger partial charge in [-0.3, -0.25) is 9.59 Å². The Morgan fingerprint density at radius 1 is 1.28 bits per heavy atom. The molecule has 1 N–H and O–H groups in total. The van der Waals surface area contributed by atoms with Crippen LogP contribution in [0.3, 0.4) is 0 Å². The van der Waals surface area contributed by atoms with E-state index in [0.29, 0.717) is 13.1 Å². The first-order valence-corrected chi connectivity index (χ1v) is 9.76. The van der Waals surface area contributed by atoms with Crippen LogP contribution in [-0.2, 0) is 26.2 Å². The first kappa shape index (κ1) is 17.7. The summed E-state index contributed by atoms with van der Waals surface area (Å²) in [7, 11) is -3.16. The Morgan fingerprint density at radius 2 is 1.84 bits per heavy atom.